The highest BCUT2D eigenvalue weighted by molar-refractivity contribution is 5.59. The first-order chi connectivity index (χ1) is 11.8. The fourth-order valence-corrected chi connectivity index (χ4v) is 2.55. The van der Waals surface area contributed by atoms with Crippen molar-refractivity contribution in [3.8, 4) is 17.1 Å². The van der Waals surface area contributed by atoms with Crippen LogP contribution in [-0.2, 0) is 6.61 Å². The predicted molar refractivity (Wildman–Crippen MR) is 93.9 cm³/mol. The number of aromatic nitrogens is 3. The molecule has 0 saturated heterocycles. The second-order valence-electron chi connectivity index (χ2n) is 5.74. The van der Waals surface area contributed by atoms with Gasteiger partial charge in [-0.2, -0.15) is 0 Å². The first-order valence-corrected chi connectivity index (χ1v) is 7.88. The molecule has 2 heterocycles. The molecule has 4 heteroatoms. The molecule has 0 aliphatic rings. The molecule has 0 aliphatic carbocycles. The van der Waals surface area contributed by atoms with E-state index in [-0.39, 0.29) is 0 Å². The van der Waals surface area contributed by atoms with Crippen LogP contribution in [0.25, 0.3) is 17.0 Å². The molecule has 0 radical (unpaired) electrons. The Kier molecular flexibility index (Phi) is 3.71. The van der Waals surface area contributed by atoms with Crippen molar-refractivity contribution in [1.82, 2.24) is 14.6 Å². The number of hydrogen-bond donors (Lipinski definition) is 0. The number of nitrogens with zero attached hydrogens (tertiary/aromatic N) is 3. The van der Waals surface area contributed by atoms with Crippen molar-refractivity contribution in [2.45, 2.75) is 13.5 Å². The lowest BCUT2D eigenvalue weighted by Crippen LogP contribution is -1.94. The van der Waals surface area contributed by atoms with Gasteiger partial charge in [0.2, 0.25) is 0 Å². The molecule has 4 aromatic rings. The zero-order valence-corrected chi connectivity index (χ0v) is 13.4. The van der Waals surface area contributed by atoms with E-state index in [1.54, 1.807) is 4.52 Å². The van der Waals surface area contributed by atoms with Crippen LogP contribution in [0.1, 0.15) is 11.1 Å². The average molecular weight is 315 g/mol. The first-order valence-electron chi connectivity index (χ1n) is 7.88. The maximum Gasteiger partial charge on any atom is 0.182 e. The van der Waals surface area contributed by atoms with E-state index >= 15 is 0 Å². The number of benzene rings is 2. The van der Waals surface area contributed by atoms with Gasteiger partial charge in [-0.05, 0) is 54.4 Å². The molecule has 0 N–H and O–H groups in total. The number of fused-ring (bicyclic) bond motifs is 1. The molecule has 0 amide bonds. The SMILES string of the molecule is Cc1ccn2nc(-c3ccc(OCc4ccccc4)cc3)nc2c1. The van der Waals surface area contributed by atoms with Crippen molar-refractivity contribution < 1.29 is 4.74 Å². The number of pyridine rings is 1. The largest absolute Gasteiger partial charge is 0.489 e. The minimum atomic E-state index is 0.562. The number of aryl methyl sites for hydroxylation is 1. The molecule has 0 saturated carbocycles. The summed E-state index contributed by atoms with van der Waals surface area (Å²) < 4.78 is 7.61. The van der Waals surface area contributed by atoms with Crippen LogP contribution in [0.2, 0.25) is 0 Å². The van der Waals surface area contributed by atoms with E-state index in [2.05, 4.69) is 22.2 Å². The fraction of sp³-hybridized carbons (Fsp3) is 0.100. The smallest absolute Gasteiger partial charge is 0.182 e. The first kappa shape index (κ1) is 14.5. The normalized spacial score (nSPS) is 10.9. The van der Waals surface area contributed by atoms with Gasteiger partial charge in [0, 0.05) is 11.8 Å². The van der Waals surface area contributed by atoms with Crippen LogP contribution in [0.3, 0.4) is 0 Å². The molecular weight excluding hydrogens is 298 g/mol. The molecule has 118 valence electrons. The lowest BCUT2D eigenvalue weighted by molar-refractivity contribution is 0.306. The summed E-state index contributed by atoms with van der Waals surface area (Å²) in [5.74, 6) is 1.55. The van der Waals surface area contributed by atoms with Crippen molar-refractivity contribution in [2.75, 3.05) is 0 Å². The third kappa shape index (κ3) is 2.99. The number of rotatable bonds is 4. The highest BCUT2D eigenvalue weighted by atomic mass is 16.5. The zero-order chi connectivity index (χ0) is 16.4. The van der Waals surface area contributed by atoms with Crippen LogP contribution in [-0.4, -0.2) is 14.6 Å². The molecular formula is C20H17N3O. The summed E-state index contributed by atoms with van der Waals surface area (Å²) in [4.78, 5) is 4.58. The van der Waals surface area contributed by atoms with Crippen molar-refractivity contribution in [3.63, 3.8) is 0 Å². The Morgan fingerprint density at radius 3 is 2.54 bits per heavy atom. The van der Waals surface area contributed by atoms with Crippen LogP contribution in [0, 0.1) is 6.92 Å². The molecule has 0 spiro atoms. The second kappa shape index (κ2) is 6.16. The lowest BCUT2D eigenvalue weighted by Gasteiger charge is -2.06. The number of ether oxygens (including phenoxy) is 1. The van der Waals surface area contributed by atoms with Gasteiger partial charge in [0.05, 0.1) is 0 Å². The molecule has 0 bridgehead atoms. The van der Waals surface area contributed by atoms with E-state index in [9.17, 15) is 0 Å². The standard InChI is InChI=1S/C20H17N3O/c1-15-11-12-23-19(13-15)21-20(22-23)17-7-9-18(10-8-17)24-14-16-5-3-2-4-6-16/h2-13H,14H2,1H3. The monoisotopic (exact) mass is 315 g/mol. The Hall–Kier alpha value is -3.14. The predicted octanol–water partition coefficient (Wildman–Crippen LogP) is 4.28. The molecule has 2 aromatic heterocycles. The Morgan fingerprint density at radius 1 is 0.958 bits per heavy atom. The minimum Gasteiger partial charge on any atom is -0.489 e. The van der Waals surface area contributed by atoms with Crippen molar-refractivity contribution in [3.05, 3.63) is 84.1 Å². The Bertz CT molecular complexity index is 959. The summed E-state index contributed by atoms with van der Waals surface area (Å²) in [5.41, 5.74) is 4.16. The fourth-order valence-electron chi connectivity index (χ4n) is 2.55. The van der Waals surface area contributed by atoms with Crippen LogP contribution < -0.4 is 4.74 Å². The van der Waals surface area contributed by atoms with Crippen LogP contribution in [0.5, 0.6) is 5.75 Å². The molecule has 4 nitrogen and oxygen atoms in total. The third-order valence-corrected chi connectivity index (χ3v) is 3.85. The molecule has 4 rings (SSSR count). The lowest BCUT2D eigenvalue weighted by atomic mass is 10.2. The van der Waals surface area contributed by atoms with E-state index < -0.39 is 0 Å². The van der Waals surface area contributed by atoms with Crippen molar-refractivity contribution in [2.24, 2.45) is 0 Å². The van der Waals surface area contributed by atoms with E-state index in [0.29, 0.717) is 6.61 Å². The summed E-state index contributed by atoms with van der Waals surface area (Å²) >= 11 is 0. The molecule has 0 fully saturated rings. The molecule has 2 aromatic carbocycles. The van der Waals surface area contributed by atoms with Gasteiger partial charge in [0.15, 0.2) is 11.5 Å². The van der Waals surface area contributed by atoms with E-state index in [0.717, 1.165) is 28.3 Å². The van der Waals surface area contributed by atoms with Gasteiger partial charge in [-0.15, -0.1) is 5.10 Å². The quantitative estimate of drug-likeness (QED) is 0.564. The molecule has 24 heavy (non-hydrogen) atoms. The molecule has 0 aliphatic heterocycles. The third-order valence-electron chi connectivity index (χ3n) is 3.85. The van der Waals surface area contributed by atoms with Gasteiger partial charge in [0.25, 0.3) is 0 Å². The Morgan fingerprint density at radius 2 is 1.75 bits per heavy atom. The van der Waals surface area contributed by atoms with Crippen LogP contribution >= 0.6 is 0 Å². The molecule has 0 atom stereocenters. The summed E-state index contributed by atoms with van der Waals surface area (Å²) in [6, 6.07) is 22.1. The topological polar surface area (TPSA) is 39.4 Å². The average Bonchev–Trinajstić information content (AvgIpc) is 3.04. The van der Waals surface area contributed by atoms with Gasteiger partial charge >= 0.3 is 0 Å². The summed E-state index contributed by atoms with van der Waals surface area (Å²) in [6.45, 7) is 2.61. The van der Waals surface area contributed by atoms with Gasteiger partial charge in [-0.25, -0.2) is 9.50 Å². The van der Waals surface area contributed by atoms with Crippen LogP contribution in [0.15, 0.2) is 72.9 Å². The van der Waals surface area contributed by atoms with Gasteiger partial charge in [-0.3, -0.25) is 0 Å². The zero-order valence-electron chi connectivity index (χ0n) is 13.4. The van der Waals surface area contributed by atoms with Crippen molar-refractivity contribution in [1.29, 1.82) is 0 Å². The van der Waals surface area contributed by atoms with Gasteiger partial charge in [0.1, 0.15) is 12.4 Å². The molecule has 0 unspecified atom stereocenters. The highest BCUT2D eigenvalue weighted by Gasteiger charge is 2.06. The van der Waals surface area contributed by atoms with E-state index in [4.69, 9.17) is 4.74 Å². The second-order valence-corrected chi connectivity index (χ2v) is 5.74. The van der Waals surface area contributed by atoms with Crippen LogP contribution in [0.4, 0.5) is 0 Å². The Balaban J connectivity index is 1.52. The van der Waals surface area contributed by atoms with Crippen molar-refractivity contribution >= 4 is 5.65 Å². The summed E-state index contributed by atoms with van der Waals surface area (Å²) in [6.07, 6.45) is 1.93. The maximum atomic E-state index is 5.81. The number of hydrogen-bond acceptors (Lipinski definition) is 3. The van der Waals surface area contributed by atoms with E-state index in [1.165, 1.54) is 5.56 Å². The Labute approximate surface area is 140 Å². The van der Waals surface area contributed by atoms with E-state index in [1.807, 2.05) is 67.7 Å². The minimum absolute atomic E-state index is 0.562. The highest BCUT2D eigenvalue weighted by Crippen LogP contribution is 2.21. The maximum absolute atomic E-state index is 5.81. The van der Waals surface area contributed by atoms with Gasteiger partial charge < -0.3 is 4.74 Å². The summed E-state index contributed by atoms with van der Waals surface area (Å²) in [7, 11) is 0. The van der Waals surface area contributed by atoms with Gasteiger partial charge in [-0.1, -0.05) is 30.3 Å². The summed E-state index contributed by atoms with van der Waals surface area (Å²) in [5, 5.41) is 4.51.